The lowest BCUT2D eigenvalue weighted by molar-refractivity contribution is 0.107. The maximum Gasteiger partial charge on any atom is 0.175 e. The van der Waals surface area contributed by atoms with Crippen LogP contribution in [0.25, 0.3) is 0 Å². The zero-order valence-corrected chi connectivity index (χ0v) is 10.1. The summed E-state index contributed by atoms with van der Waals surface area (Å²) in [5, 5.41) is 0. The van der Waals surface area contributed by atoms with E-state index in [1.54, 1.807) is 18.2 Å². The van der Waals surface area contributed by atoms with Gasteiger partial charge in [-0.15, -0.1) is 0 Å². The van der Waals surface area contributed by atoms with Crippen molar-refractivity contribution in [1.29, 1.82) is 0 Å². The Morgan fingerprint density at radius 1 is 1.24 bits per heavy atom. The molecule has 0 aromatic heterocycles. The minimum Gasteiger partial charge on any atom is -0.493 e. The molecule has 3 nitrogen and oxygen atoms in total. The van der Waals surface area contributed by atoms with E-state index in [2.05, 4.69) is 6.92 Å². The van der Waals surface area contributed by atoms with Crippen molar-refractivity contribution >= 4 is 13.5 Å². The van der Waals surface area contributed by atoms with Crippen LogP contribution in [-0.4, -0.2) is 33.3 Å². The minimum atomic E-state index is -0.470. The Labute approximate surface area is 104 Å². The Kier molecular flexibility index (Phi) is 6.41. The second kappa shape index (κ2) is 7.90. The Morgan fingerprint density at radius 2 is 2.00 bits per heavy atom. The molecule has 2 radical (unpaired) electrons. The van der Waals surface area contributed by atoms with E-state index < -0.39 is 5.68 Å². The summed E-state index contributed by atoms with van der Waals surface area (Å²) in [5.74, 6) is 0.537. The van der Waals surface area contributed by atoms with Gasteiger partial charge in [0.2, 0.25) is 0 Å². The predicted octanol–water partition coefficient (Wildman–Crippen LogP) is 2.19. The molecule has 0 aliphatic carbocycles. The molecule has 1 aromatic rings. The van der Waals surface area contributed by atoms with Crippen LogP contribution in [-0.2, 0) is 4.74 Å². The summed E-state index contributed by atoms with van der Waals surface area (Å²) in [7, 11) is 5.24. The number of ether oxygens (including phenoxy) is 2. The average molecular weight is 232 g/mol. The van der Waals surface area contributed by atoms with E-state index in [0.29, 0.717) is 24.5 Å². The molecule has 0 saturated carbocycles. The van der Waals surface area contributed by atoms with Crippen LogP contribution < -0.4 is 4.74 Å². The molecular weight excluding hydrogens is 215 g/mol. The first-order valence-corrected chi connectivity index (χ1v) is 5.85. The first kappa shape index (κ1) is 13.8. The molecule has 17 heavy (non-hydrogen) atoms. The van der Waals surface area contributed by atoms with Crippen molar-refractivity contribution in [3.8, 4) is 5.75 Å². The number of benzene rings is 1. The lowest BCUT2D eigenvalue weighted by Crippen LogP contribution is -2.07. The summed E-state index contributed by atoms with van der Waals surface area (Å²) in [5.41, 5.74) is -0.0511. The van der Waals surface area contributed by atoms with E-state index in [4.69, 9.17) is 17.3 Å². The third kappa shape index (κ3) is 5.05. The van der Waals surface area contributed by atoms with E-state index in [1.165, 1.54) is 0 Å². The van der Waals surface area contributed by atoms with Gasteiger partial charge in [-0.3, -0.25) is 0 Å². The summed E-state index contributed by atoms with van der Waals surface area (Å²) < 4.78 is 10.8. The molecule has 0 N–H and O–H groups in total. The first-order valence-electron chi connectivity index (χ1n) is 5.85. The summed E-state index contributed by atoms with van der Waals surface area (Å²) in [6.45, 7) is 4.04. The van der Waals surface area contributed by atoms with Gasteiger partial charge in [-0.05, 0) is 18.6 Å². The van der Waals surface area contributed by atoms with Crippen LogP contribution in [0.3, 0.4) is 0 Å². The van der Waals surface area contributed by atoms with Gasteiger partial charge in [0, 0.05) is 25.2 Å². The molecule has 0 atom stereocenters. The van der Waals surface area contributed by atoms with Gasteiger partial charge in [0.15, 0.2) is 7.85 Å². The molecule has 0 aliphatic heterocycles. The Hall–Kier alpha value is -1.29. The number of hydrogen-bond acceptors (Lipinski definition) is 3. The van der Waals surface area contributed by atoms with Crippen LogP contribution in [0.5, 0.6) is 5.75 Å². The van der Waals surface area contributed by atoms with Crippen LogP contribution in [0.4, 0.5) is 0 Å². The zero-order chi connectivity index (χ0) is 12.5. The number of para-hydroxylation sites is 1. The van der Waals surface area contributed by atoms with Crippen molar-refractivity contribution in [2.45, 2.75) is 19.8 Å². The third-order valence-corrected chi connectivity index (χ3v) is 2.19. The summed E-state index contributed by atoms with van der Waals surface area (Å²) >= 11 is 0. The SMILES string of the molecule is [B]C(=O)c1ccccc1OCCCOCCC. The van der Waals surface area contributed by atoms with E-state index in [1.807, 2.05) is 6.07 Å². The van der Waals surface area contributed by atoms with Crippen molar-refractivity contribution in [2.24, 2.45) is 0 Å². The molecular formula is C13H17BO3. The van der Waals surface area contributed by atoms with Crippen molar-refractivity contribution < 1.29 is 14.3 Å². The number of hydrogen-bond donors (Lipinski definition) is 0. The molecule has 0 saturated heterocycles. The van der Waals surface area contributed by atoms with Crippen LogP contribution in [0.15, 0.2) is 24.3 Å². The lowest BCUT2D eigenvalue weighted by atomic mass is 9.94. The Balaban J connectivity index is 2.34. The van der Waals surface area contributed by atoms with E-state index in [-0.39, 0.29) is 0 Å². The molecule has 0 unspecified atom stereocenters. The van der Waals surface area contributed by atoms with Crippen molar-refractivity contribution in [3.05, 3.63) is 29.8 Å². The second-order valence-electron chi connectivity index (χ2n) is 3.67. The highest BCUT2D eigenvalue weighted by atomic mass is 16.5. The molecule has 0 amide bonds. The maximum absolute atomic E-state index is 11.1. The maximum atomic E-state index is 11.1. The molecule has 0 heterocycles. The van der Waals surface area contributed by atoms with Crippen LogP contribution in [0.2, 0.25) is 0 Å². The van der Waals surface area contributed by atoms with Gasteiger partial charge in [0.05, 0.1) is 6.61 Å². The fraction of sp³-hybridized carbons (Fsp3) is 0.462. The summed E-state index contributed by atoms with van der Waals surface area (Å²) in [4.78, 5) is 11.1. The first-order chi connectivity index (χ1) is 8.25. The van der Waals surface area contributed by atoms with Gasteiger partial charge in [-0.25, -0.2) is 0 Å². The van der Waals surface area contributed by atoms with Crippen molar-refractivity contribution in [3.63, 3.8) is 0 Å². The Morgan fingerprint density at radius 3 is 2.71 bits per heavy atom. The molecule has 0 bridgehead atoms. The van der Waals surface area contributed by atoms with Crippen LogP contribution >= 0.6 is 0 Å². The van der Waals surface area contributed by atoms with Gasteiger partial charge < -0.3 is 14.3 Å². The highest BCUT2D eigenvalue weighted by Crippen LogP contribution is 2.17. The van der Waals surface area contributed by atoms with E-state index >= 15 is 0 Å². The van der Waals surface area contributed by atoms with Crippen LogP contribution in [0, 0.1) is 0 Å². The normalized spacial score (nSPS) is 10.2. The smallest absolute Gasteiger partial charge is 0.175 e. The van der Waals surface area contributed by atoms with Crippen molar-refractivity contribution in [1.82, 2.24) is 0 Å². The van der Waals surface area contributed by atoms with Gasteiger partial charge in [0.25, 0.3) is 0 Å². The standard InChI is InChI=1S/C13H17BO3/c1-2-8-16-9-5-10-17-12-7-4-3-6-11(12)13(14)15/h3-4,6-7H,2,5,8-10H2,1H3. The van der Waals surface area contributed by atoms with Gasteiger partial charge >= 0.3 is 0 Å². The highest BCUT2D eigenvalue weighted by Gasteiger charge is 2.06. The minimum absolute atomic E-state index is 0.418. The third-order valence-electron chi connectivity index (χ3n) is 2.19. The molecule has 90 valence electrons. The molecule has 1 aromatic carbocycles. The van der Waals surface area contributed by atoms with E-state index in [9.17, 15) is 4.79 Å². The topological polar surface area (TPSA) is 35.5 Å². The fourth-order valence-electron chi connectivity index (χ4n) is 1.39. The fourth-order valence-corrected chi connectivity index (χ4v) is 1.39. The summed E-state index contributed by atoms with van der Waals surface area (Å²) in [6.07, 6.45) is 1.82. The molecule has 0 fully saturated rings. The average Bonchev–Trinajstić information content (AvgIpc) is 2.34. The zero-order valence-electron chi connectivity index (χ0n) is 10.1. The Bertz CT molecular complexity index is 352. The van der Waals surface area contributed by atoms with Gasteiger partial charge in [-0.1, -0.05) is 19.1 Å². The lowest BCUT2D eigenvalue weighted by Gasteiger charge is -2.09. The molecule has 4 heteroatoms. The molecule has 1 rings (SSSR count). The number of carbonyl (C=O) groups excluding carboxylic acids is 1. The summed E-state index contributed by atoms with van der Waals surface area (Å²) in [6, 6.07) is 6.98. The molecule has 0 aliphatic rings. The van der Waals surface area contributed by atoms with Gasteiger partial charge in [0.1, 0.15) is 11.4 Å². The largest absolute Gasteiger partial charge is 0.493 e. The number of carbonyl (C=O) groups is 1. The predicted molar refractivity (Wildman–Crippen MR) is 67.7 cm³/mol. The van der Waals surface area contributed by atoms with Crippen LogP contribution in [0.1, 0.15) is 30.1 Å². The molecule has 0 spiro atoms. The second-order valence-corrected chi connectivity index (χ2v) is 3.67. The quantitative estimate of drug-likeness (QED) is 0.509. The monoisotopic (exact) mass is 232 g/mol. The highest BCUT2D eigenvalue weighted by molar-refractivity contribution is 6.62. The van der Waals surface area contributed by atoms with Gasteiger partial charge in [-0.2, -0.15) is 0 Å². The van der Waals surface area contributed by atoms with Crippen molar-refractivity contribution in [2.75, 3.05) is 19.8 Å². The number of rotatable bonds is 8. The van der Waals surface area contributed by atoms with E-state index in [0.717, 1.165) is 19.4 Å².